The van der Waals surface area contributed by atoms with Gasteiger partial charge in [0.2, 0.25) is 10.0 Å². The zero-order valence-electron chi connectivity index (χ0n) is 17.8. The first-order chi connectivity index (χ1) is 15.7. The number of benzene rings is 2. The number of rotatable bonds is 6. The summed E-state index contributed by atoms with van der Waals surface area (Å²) in [5, 5.41) is 38.8. The van der Waals surface area contributed by atoms with Gasteiger partial charge in [-0.2, -0.15) is 4.31 Å². The molecule has 0 aliphatic heterocycles. The van der Waals surface area contributed by atoms with Gasteiger partial charge in [0.15, 0.2) is 5.82 Å². The first kappa shape index (κ1) is 22.2. The Morgan fingerprint density at radius 1 is 0.970 bits per heavy atom. The lowest BCUT2D eigenvalue weighted by Crippen LogP contribution is -2.27. The van der Waals surface area contributed by atoms with E-state index in [0.29, 0.717) is 11.4 Å². The molecule has 2 aromatic carbocycles. The maximum atomic E-state index is 13.2. The molecule has 0 aliphatic rings. The highest BCUT2D eigenvalue weighted by Crippen LogP contribution is 2.39. The van der Waals surface area contributed by atoms with Gasteiger partial charge in [0, 0.05) is 19.3 Å². The molecule has 0 amide bonds. The van der Waals surface area contributed by atoms with Gasteiger partial charge >= 0.3 is 6.01 Å². The predicted octanol–water partition coefficient (Wildman–Crippen LogP) is 2.58. The van der Waals surface area contributed by atoms with Crippen molar-refractivity contribution in [2.75, 3.05) is 7.05 Å². The third-order valence-corrected chi connectivity index (χ3v) is 6.95. The highest BCUT2D eigenvalue weighted by Gasteiger charge is 2.28. The van der Waals surface area contributed by atoms with Crippen LogP contribution in [0.1, 0.15) is 11.3 Å². The molecule has 0 bridgehead atoms. The Balaban J connectivity index is 1.82. The van der Waals surface area contributed by atoms with Crippen molar-refractivity contribution in [3.63, 3.8) is 0 Å². The van der Waals surface area contributed by atoms with Crippen molar-refractivity contribution in [1.82, 2.24) is 24.1 Å². The third kappa shape index (κ3) is 4.11. The Morgan fingerprint density at radius 2 is 1.70 bits per heavy atom. The van der Waals surface area contributed by atoms with Crippen LogP contribution < -0.4 is 0 Å². The van der Waals surface area contributed by atoms with Gasteiger partial charge in [-0.25, -0.2) is 13.0 Å². The molecule has 170 valence electrons. The van der Waals surface area contributed by atoms with Crippen LogP contribution in [0.15, 0.2) is 65.7 Å². The predicted molar refractivity (Wildman–Crippen MR) is 119 cm³/mol. The van der Waals surface area contributed by atoms with Crippen molar-refractivity contribution in [2.45, 2.75) is 18.4 Å². The fourth-order valence-corrected chi connectivity index (χ4v) is 4.63. The highest BCUT2D eigenvalue weighted by molar-refractivity contribution is 7.89. The van der Waals surface area contributed by atoms with Crippen LogP contribution in [-0.2, 0) is 16.6 Å². The summed E-state index contributed by atoms with van der Waals surface area (Å²) in [5.41, 5.74) is 1.81. The number of phenols is 2. The van der Waals surface area contributed by atoms with E-state index in [-0.39, 0.29) is 17.9 Å². The van der Waals surface area contributed by atoms with Gasteiger partial charge < -0.3 is 15.3 Å². The van der Waals surface area contributed by atoms with Crippen LogP contribution in [0.2, 0.25) is 0 Å². The van der Waals surface area contributed by atoms with E-state index in [1.807, 2.05) is 19.1 Å². The van der Waals surface area contributed by atoms with Gasteiger partial charge in [-0.3, -0.25) is 4.98 Å². The molecule has 0 spiro atoms. The smallest absolute Gasteiger partial charge is 0.319 e. The van der Waals surface area contributed by atoms with Crippen molar-refractivity contribution in [3.8, 4) is 34.6 Å². The van der Waals surface area contributed by atoms with Crippen molar-refractivity contribution >= 4 is 10.0 Å². The number of aromatic hydroxyl groups is 3. The normalized spacial score (nSPS) is 11.7. The molecule has 0 saturated heterocycles. The number of sulfonamides is 1. The first-order valence-corrected chi connectivity index (χ1v) is 11.3. The van der Waals surface area contributed by atoms with Crippen LogP contribution in [0.5, 0.6) is 17.5 Å². The lowest BCUT2D eigenvalue weighted by atomic mass is 10.1. The minimum atomic E-state index is -4.18. The molecule has 0 atom stereocenters. The van der Waals surface area contributed by atoms with Crippen molar-refractivity contribution in [3.05, 3.63) is 72.1 Å². The number of nitrogens with zero attached hydrogens (tertiary/aromatic N) is 5. The van der Waals surface area contributed by atoms with E-state index in [0.717, 1.165) is 22.0 Å². The molecule has 0 fully saturated rings. The molecule has 0 unspecified atom stereocenters. The van der Waals surface area contributed by atoms with Crippen LogP contribution in [0, 0.1) is 6.92 Å². The van der Waals surface area contributed by atoms with Crippen molar-refractivity contribution in [2.24, 2.45) is 0 Å². The second-order valence-corrected chi connectivity index (χ2v) is 9.38. The number of aromatic nitrogens is 4. The van der Waals surface area contributed by atoms with E-state index in [9.17, 15) is 23.7 Å². The van der Waals surface area contributed by atoms with Gasteiger partial charge in [-0.15, -0.1) is 5.10 Å². The summed E-state index contributed by atoms with van der Waals surface area (Å²) >= 11 is 0. The number of hydrogen-bond donors (Lipinski definition) is 3. The van der Waals surface area contributed by atoms with Gasteiger partial charge in [0.05, 0.1) is 23.5 Å². The highest BCUT2D eigenvalue weighted by atomic mass is 32.2. The maximum absolute atomic E-state index is 13.2. The van der Waals surface area contributed by atoms with Crippen LogP contribution in [0.25, 0.3) is 17.1 Å². The molecule has 4 aromatic rings. The number of aryl methyl sites for hydroxylation is 1. The topological polar surface area (TPSA) is 142 Å². The van der Waals surface area contributed by atoms with E-state index < -0.39 is 32.4 Å². The Labute approximate surface area is 190 Å². The SMILES string of the molecule is Cc1ccccc1-n1c(O)nnc1-c1cc(S(=O)(=O)N(C)Cc2ccccn2)c(O)cc1O. The number of hydrogen-bond acceptors (Lipinski definition) is 8. The average Bonchev–Trinajstić information content (AvgIpc) is 3.15. The second-order valence-electron chi connectivity index (χ2n) is 7.36. The fourth-order valence-electron chi connectivity index (χ4n) is 3.40. The zero-order chi connectivity index (χ0) is 23.8. The summed E-state index contributed by atoms with van der Waals surface area (Å²) in [6.07, 6.45) is 1.55. The molecule has 3 N–H and O–H groups in total. The molecule has 33 heavy (non-hydrogen) atoms. The van der Waals surface area contributed by atoms with Gasteiger partial charge in [0.25, 0.3) is 0 Å². The molecule has 10 nitrogen and oxygen atoms in total. The minimum absolute atomic E-state index is 0.00290. The monoisotopic (exact) mass is 467 g/mol. The first-order valence-electron chi connectivity index (χ1n) is 9.83. The standard InChI is InChI=1S/C22H21N5O5S/c1-14-7-3-4-9-17(14)27-21(24-25-22(27)30)16-11-20(19(29)12-18(16)28)33(31,32)26(2)13-15-8-5-6-10-23-15/h3-12,28-29H,13H2,1-2H3,(H,25,30). The van der Waals surface area contributed by atoms with E-state index in [4.69, 9.17) is 0 Å². The van der Waals surface area contributed by atoms with Gasteiger partial charge in [-0.1, -0.05) is 29.4 Å². The summed E-state index contributed by atoms with van der Waals surface area (Å²) in [5.74, 6) is -1.06. The van der Waals surface area contributed by atoms with Crippen LogP contribution in [-0.4, -0.2) is 54.8 Å². The molecular weight excluding hydrogens is 446 g/mol. The van der Waals surface area contributed by atoms with Crippen LogP contribution in [0.3, 0.4) is 0 Å². The number of pyridine rings is 1. The zero-order valence-corrected chi connectivity index (χ0v) is 18.6. The molecule has 0 aliphatic carbocycles. The minimum Gasteiger partial charge on any atom is -0.507 e. The van der Waals surface area contributed by atoms with E-state index in [2.05, 4.69) is 15.2 Å². The van der Waals surface area contributed by atoms with Crippen LogP contribution >= 0.6 is 0 Å². The van der Waals surface area contributed by atoms with E-state index in [1.165, 1.54) is 11.6 Å². The molecule has 4 rings (SSSR count). The summed E-state index contributed by atoms with van der Waals surface area (Å²) < 4.78 is 28.8. The summed E-state index contributed by atoms with van der Waals surface area (Å²) in [7, 11) is -2.82. The molecule has 0 radical (unpaired) electrons. The van der Waals surface area contributed by atoms with Crippen molar-refractivity contribution < 1.29 is 23.7 Å². The number of para-hydroxylation sites is 1. The molecule has 2 heterocycles. The van der Waals surface area contributed by atoms with E-state index >= 15 is 0 Å². The maximum Gasteiger partial charge on any atom is 0.319 e. The third-order valence-electron chi connectivity index (χ3n) is 5.12. The summed E-state index contributed by atoms with van der Waals surface area (Å²) in [6, 6.07) is 13.8. The second kappa shape index (κ2) is 8.52. The molecular formula is C22H21N5O5S. The molecule has 11 heteroatoms. The Hall–Kier alpha value is -3.96. The van der Waals surface area contributed by atoms with Crippen LogP contribution in [0.4, 0.5) is 0 Å². The lowest BCUT2D eigenvalue weighted by molar-refractivity contribution is 0.420. The summed E-state index contributed by atoms with van der Waals surface area (Å²) in [6.45, 7) is 1.79. The van der Waals surface area contributed by atoms with Crippen molar-refractivity contribution in [1.29, 1.82) is 0 Å². The molecule has 0 saturated carbocycles. The Morgan fingerprint density at radius 3 is 2.39 bits per heavy atom. The number of phenolic OH excluding ortho intramolecular Hbond substituents is 2. The fraction of sp³-hybridized carbons (Fsp3) is 0.136. The largest absolute Gasteiger partial charge is 0.507 e. The van der Waals surface area contributed by atoms with Gasteiger partial charge in [-0.05, 0) is 36.8 Å². The lowest BCUT2D eigenvalue weighted by Gasteiger charge is -2.19. The Bertz CT molecular complexity index is 1420. The Kier molecular flexibility index (Phi) is 5.75. The average molecular weight is 468 g/mol. The van der Waals surface area contributed by atoms with Gasteiger partial charge in [0.1, 0.15) is 16.4 Å². The quantitative estimate of drug-likeness (QED) is 0.393. The molecule has 2 aromatic heterocycles. The summed E-state index contributed by atoms with van der Waals surface area (Å²) in [4.78, 5) is 3.69. The van der Waals surface area contributed by atoms with E-state index in [1.54, 1.807) is 36.5 Å².